The first-order valence-corrected chi connectivity index (χ1v) is 9.63. The molecule has 0 radical (unpaired) electrons. The van der Waals surface area contributed by atoms with Crippen LogP contribution in [0.5, 0.6) is 0 Å². The highest BCUT2D eigenvalue weighted by molar-refractivity contribution is 5.81. The van der Waals surface area contributed by atoms with Gasteiger partial charge < -0.3 is 14.9 Å². The molecule has 0 saturated carbocycles. The third kappa shape index (κ3) is 3.19. The molecule has 0 aliphatic carbocycles. The largest absolute Gasteiger partial charge is 0.395 e. The van der Waals surface area contributed by atoms with E-state index < -0.39 is 0 Å². The van der Waals surface area contributed by atoms with E-state index in [1.165, 1.54) is 10.9 Å². The summed E-state index contributed by atoms with van der Waals surface area (Å²) in [6.45, 7) is 3.60. The van der Waals surface area contributed by atoms with Gasteiger partial charge in [-0.1, -0.05) is 0 Å². The van der Waals surface area contributed by atoms with Gasteiger partial charge in [-0.3, -0.25) is 9.36 Å². The predicted molar refractivity (Wildman–Crippen MR) is 111 cm³/mol. The highest BCUT2D eigenvalue weighted by atomic mass is 16.3. The molecule has 5 rings (SSSR count). The summed E-state index contributed by atoms with van der Waals surface area (Å²) in [7, 11) is 0. The van der Waals surface area contributed by atoms with Crippen LogP contribution < -0.4 is 15.4 Å². The second-order valence-corrected chi connectivity index (χ2v) is 7.06. The van der Waals surface area contributed by atoms with Crippen LogP contribution in [0.15, 0.2) is 53.8 Å². The van der Waals surface area contributed by atoms with E-state index in [2.05, 4.69) is 24.9 Å². The molecular formula is C20H21N7O2. The minimum absolute atomic E-state index is 0.0852. The fourth-order valence-electron chi connectivity index (χ4n) is 3.78. The molecule has 0 atom stereocenters. The summed E-state index contributed by atoms with van der Waals surface area (Å²) in [5.74, 6) is 0.944. The molecule has 29 heavy (non-hydrogen) atoms. The van der Waals surface area contributed by atoms with Gasteiger partial charge in [-0.05, 0) is 30.3 Å². The number of hydrogen-bond donors (Lipinski definition) is 1. The van der Waals surface area contributed by atoms with E-state index in [-0.39, 0.29) is 18.7 Å². The number of aliphatic hydroxyl groups excluding tert-OH is 1. The van der Waals surface area contributed by atoms with Crippen molar-refractivity contribution in [1.82, 2.24) is 24.1 Å². The zero-order valence-electron chi connectivity index (χ0n) is 15.8. The third-order valence-electron chi connectivity index (χ3n) is 5.36. The zero-order valence-corrected chi connectivity index (χ0v) is 15.8. The first kappa shape index (κ1) is 17.6. The number of aliphatic hydroxyl groups is 1. The van der Waals surface area contributed by atoms with E-state index in [4.69, 9.17) is 5.11 Å². The van der Waals surface area contributed by atoms with Crippen molar-refractivity contribution >= 4 is 28.1 Å². The summed E-state index contributed by atoms with van der Waals surface area (Å²) < 4.78 is 3.23. The number of anilines is 2. The van der Waals surface area contributed by atoms with Gasteiger partial charge in [0.25, 0.3) is 5.56 Å². The van der Waals surface area contributed by atoms with Crippen molar-refractivity contribution in [3.05, 3.63) is 59.4 Å². The second kappa shape index (κ2) is 7.17. The van der Waals surface area contributed by atoms with Crippen molar-refractivity contribution in [1.29, 1.82) is 0 Å². The number of benzene rings is 1. The third-order valence-corrected chi connectivity index (χ3v) is 5.36. The van der Waals surface area contributed by atoms with E-state index >= 15 is 0 Å². The monoisotopic (exact) mass is 391 g/mol. The van der Waals surface area contributed by atoms with Crippen molar-refractivity contribution in [2.24, 2.45) is 0 Å². The molecule has 1 aliphatic heterocycles. The Balaban J connectivity index is 1.34. The van der Waals surface area contributed by atoms with Gasteiger partial charge in [0, 0.05) is 44.3 Å². The summed E-state index contributed by atoms with van der Waals surface area (Å²) >= 11 is 0. The second-order valence-electron chi connectivity index (χ2n) is 7.06. The summed E-state index contributed by atoms with van der Waals surface area (Å²) in [6.07, 6.45) is 5.10. The maximum absolute atomic E-state index is 12.5. The van der Waals surface area contributed by atoms with E-state index in [0.717, 1.165) is 43.3 Å². The lowest BCUT2D eigenvalue weighted by molar-refractivity contribution is 0.274. The number of imidazole rings is 1. The maximum Gasteiger partial charge on any atom is 0.261 e. The van der Waals surface area contributed by atoms with Gasteiger partial charge in [0.15, 0.2) is 5.65 Å². The molecule has 1 N–H and O–H groups in total. The molecule has 0 bridgehead atoms. The highest BCUT2D eigenvalue weighted by Crippen LogP contribution is 2.22. The average Bonchev–Trinajstić information content (AvgIpc) is 3.24. The van der Waals surface area contributed by atoms with Crippen LogP contribution in [0.25, 0.3) is 16.6 Å². The minimum Gasteiger partial charge on any atom is -0.395 e. The molecule has 148 valence electrons. The first-order chi connectivity index (χ1) is 14.2. The van der Waals surface area contributed by atoms with Crippen molar-refractivity contribution in [2.45, 2.75) is 6.54 Å². The van der Waals surface area contributed by atoms with E-state index in [9.17, 15) is 4.79 Å². The Morgan fingerprint density at radius 3 is 2.66 bits per heavy atom. The molecule has 1 aromatic carbocycles. The van der Waals surface area contributed by atoms with Gasteiger partial charge >= 0.3 is 0 Å². The molecule has 0 unspecified atom stereocenters. The smallest absolute Gasteiger partial charge is 0.261 e. The Morgan fingerprint density at radius 1 is 1.00 bits per heavy atom. The normalized spacial score (nSPS) is 14.8. The number of fused-ring (bicyclic) bond motifs is 2. The van der Waals surface area contributed by atoms with Crippen molar-refractivity contribution in [3.63, 3.8) is 0 Å². The molecule has 4 aromatic rings. The highest BCUT2D eigenvalue weighted by Gasteiger charge is 2.19. The summed E-state index contributed by atoms with van der Waals surface area (Å²) in [5.41, 5.74) is 2.45. The molecule has 9 nitrogen and oxygen atoms in total. The minimum atomic E-state index is -0.124. The summed E-state index contributed by atoms with van der Waals surface area (Å²) in [5, 5.41) is 14.3. The molecule has 9 heteroatoms. The van der Waals surface area contributed by atoms with Gasteiger partial charge in [0.1, 0.15) is 5.82 Å². The van der Waals surface area contributed by atoms with E-state index in [1.807, 2.05) is 36.5 Å². The van der Waals surface area contributed by atoms with Crippen molar-refractivity contribution in [3.8, 4) is 0 Å². The molecule has 0 spiro atoms. The quantitative estimate of drug-likeness (QED) is 0.549. The number of rotatable bonds is 4. The number of piperazine rings is 1. The number of aromatic nitrogens is 5. The van der Waals surface area contributed by atoms with Crippen LogP contribution in [0.2, 0.25) is 0 Å². The molecule has 4 heterocycles. The van der Waals surface area contributed by atoms with E-state index in [1.54, 1.807) is 10.7 Å². The zero-order chi connectivity index (χ0) is 19.8. The Kier molecular flexibility index (Phi) is 4.36. The summed E-state index contributed by atoms with van der Waals surface area (Å²) in [6, 6.07) is 9.75. The SMILES string of the molecule is O=c1c2ccc(N3CCN(c4ccc5nccn5n4)CC3)cc2ncn1CCO. The Morgan fingerprint density at radius 2 is 1.83 bits per heavy atom. The van der Waals surface area contributed by atoms with Crippen molar-refractivity contribution in [2.75, 3.05) is 42.6 Å². The van der Waals surface area contributed by atoms with Gasteiger partial charge in [0.05, 0.1) is 30.4 Å². The number of nitrogens with zero attached hydrogens (tertiary/aromatic N) is 7. The molecular weight excluding hydrogens is 370 g/mol. The fourth-order valence-corrected chi connectivity index (χ4v) is 3.78. The lowest BCUT2D eigenvalue weighted by Crippen LogP contribution is -2.47. The molecule has 3 aromatic heterocycles. The first-order valence-electron chi connectivity index (χ1n) is 9.63. The van der Waals surface area contributed by atoms with Crippen LogP contribution in [0.3, 0.4) is 0 Å². The lowest BCUT2D eigenvalue weighted by atomic mass is 10.2. The summed E-state index contributed by atoms with van der Waals surface area (Å²) in [4.78, 5) is 25.7. The van der Waals surface area contributed by atoms with E-state index in [0.29, 0.717) is 10.9 Å². The molecule has 1 fully saturated rings. The average molecular weight is 391 g/mol. The Bertz CT molecular complexity index is 1220. The lowest BCUT2D eigenvalue weighted by Gasteiger charge is -2.36. The Labute approximate surface area is 166 Å². The predicted octanol–water partition coefficient (Wildman–Crippen LogP) is 0.758. The van der Waals surface area contributed by atoms with Crippen LogP contribution in [0, 0.1) is 0 Å². The topological polar surface area (TPSA) is 91.8 Å². The van der Waals surface area contributed by atoms with Gasteiger partial charge in [-0.15, -0.1) is 5.10 Å². The van der Waals surface area contributed by atoms with Gasteiger partial charge in [-0.25, -0.2) is 14.5 Å². The van der Waals surface area contributed by atoms with Crippen LogP contribution in [0.4, 0.5) is 11.5 Å². The standard InChI is InChI=1S/C20H21N7O2/c28-12-11-26-14-22-17-13-15(1-2-16(17)20(26)29)24-7-9-25(10-8-24)19-4-3-18-21-5-6-27(18)23-19/h1-6,13-14,28H,7-12H2. The van der Waals surface area contributed by atoms with Gasteiger partial charge in [0.2, 0.25) is 0 Å². The van der Waals surface area contributed by atoms with Crippen molar-refractivity contribution < 1.29 is 5.11 Å². The van der Waals surface area contributed by atoms with Crippen LogP contribution in [-0.2, 0) is 6.54 Å². The maximum atomic E-state index is 12.5. The van der Waals surface area contributed by atoms with Gasteiger partial charge in [-0.2, -0.15) is 0 Å². The van der Waals surface area contributed by atoms with Crippen LogP contribution in [-0.4, -0.2) is 62.0 Å². The molecule has 0 amide bonds. The van der Waals surface area contributed by atoms with Crippen LogP contribution >= 0.6 is 0 Å². The molecule has 1 aliphatic rings. The Hall–Kier alpha value is -3.46. The van der Waals surface area contributed by atoms with Crippen LogP contribution in [0.1, 0.15) is 0 Å². The number of hydrogen-bond acceptors (Lipinski definition) is 7. The molecule has 1 saturated heterocycles. The fraction of sp³-hybridized carbons (Fsp3) is 0.300.